The molecule has 1 aromatic carbocycles. The van der Waals surface area contributed by atoms with Gasteiger partial charge >= 0.3 is 0 Å². The molecule has 6 heteroatoms. The van der Waals surface area contributed by atoms with E-state index < -0.39 is 16.1 Å². The van der Waals surface area contributed by atoms with Crippen LogP contribution in [0.2, 0.25) is 0 Å². The van der Waals surface area contributed by atoms with Gasteiger partial charge in [0.1, 0.15) is 0 Å². The maximum atomic E-state index is 13.0. The fourth-order valence-corrected chi connectivity index (χ4v) is 5.38. The van der Waals surface area contributed by atoms with Crippen LogP contribution in [-0.2, 0) is 21.2 Å². The predicted molar refractivity (Wildman–Crippen MR) is 87.7 cm³/mol. The molecule has 1 N–H and O–H groups in total. The van der Waals surface area contributed by atoms with E-state index in [0.29, 0.717) is 31.1 Å². The van der Waals surface area contributed by atoms with E-state index in [-0.39, 0.29) is 12.0 Å². The van der Waals surface area contributed by atoms with E-state index in [1.807, 2.05) is 19.1 Å². The van der Waals surface area contributed by atoms with Crippen LogP contribution in [0.15, 0.2) is 29.2 Å². The molecule has 2 heterocycles. The highest BCUT2D eigenvalue weighted by Gasteiger charge is 2.42. The molecule has 5 nitrogen and oxygen atoms in total. The lowest BCUT2D eigenvalue weighted by Gasteiger charge is -2.36. The predicted octanol–water partition coefficient (Wildman–Crippen LogP) is 1.80. The monoisotopic (exact) mass is 339 g/mol. The van der Waals surface area contributed by atoms with Crippen LogP contribution >= 0.6 is 0 Å². The van der Waals surface area contributed by atoms with Crippen LogP contribution in [-0.4, -0.2) is 49.7 Å². The number of aliphatic hydroxyl groups excluding tert-OH is 1. The number of sulfonamides is 1. The summed E-state index contributed by atoms with van der Waals surface area (Å²) >= 11 is 0. The molecule has 128 valence electrons. The number of benzene rings is 1. The van der Waals surface area contributed by atoms with E-state index in [4.69, 9.17) is 4.74 Å². The molecule has 3 atom stereocenters. The second-order valence-corrected chi connectivity index (χ2v) is 8.31. The zero-order valence-electron chi connectivity index (χ0n) is 13.5. The summed E-state index contributed by atoms with van der Waals surface area (Å²) in [6, 6.07) is 6.96. The van der Waals surface area contributed by atoms with Crippen LogP contribution < -0.4 is 0 Å². The molecule has 0 bridgehead atoms. The summed E-state index contributed by atoms with van der Waals surface area (Å²) in [6.45, 7) is 3.55. The summed E-state index contributed by atoms with van der Waals surface area (Å²) in [5.74, 6) is -0.129. The molecule has 2 aliphatic heterocycles. The number of nitrogens with zero attached hydrogens (tertiary/aromatic N) is 1. The van der Waals surface area contributed by atoms with Gasteiger partial charge in [-0.3, -0.25) is 0 Å². The van der Waals surface area contributed by atoms with Gasteiger partial charge in [0.2, 0.25) is 10.0 Å². The Kier molecular flexibility index (Phi) is 5.06. The average molecular weight is 339 g/mol. The Hall–Kier alpha value is -0.950. The van der Waals surface area contributed by atoms with Gasteiger partial charge in [-0.15, -0.1) is 0 Å². The highest BCUT2D eigenvalue weighted by Crippen LogP contribution is 2.34. The molecule has 23 heavy (non-hydrogen) atoms. The zero-order valence-corrected chi connectivity index (χ0v) is 14.3. The first-order valence-corrected chi connectivity index (χ1v) is 9.84. The van der Waals surface area contributed by atoms with Crippen LogP contribution in [0, 0.1) is 5.92 Å². The van der Waals surface area contributed by atoms with Gasteiger partial charge in [-0.05, 0) is 43.4 Å². The normalized spacial score (nSPS) is 29.7. The maximum Gasteiger partial charge on any atom is 0.243 e. The third-order valence-electron chi connectivity index (χ3n) is 5.04. The van der Waals surface area contributed by atoms with Crippen LogP contribution in [0.25, 0.3) is 0 Å². The van der Waals surface area contributed by atoms with Gasteiger partial charge in [0.15, 0.2) is 0 Å². The molecule has 0 radical (unpaired) electrons. The van der Waals surface area contributed by atoms with Crippen molar-refractivity contribution in [3.8, 4) is 0 Å². The minimum atomic E-state index is -3.52. The standard InChI is InChI=1S/C17H25NO4S/c1-2-13-5-7-14(8-6-13)23(20,21)18-10-3-4-16(18)15-12-22-11-9-17(15)19/h5-8,15-17,19H,2-4,9-12H2,1H3/t15-,16-,17-/m1/s1. The molecule has 0 spiro atoms. The lowest BCUT2D eigenvalue weighted by Crippen LogP contribution is -2.48. The summed E-state index contributed by atoms with van der Waals surface area (Å²) in [4.78, 5) is 0.341. The van der Waals surface area contributed by atoms with Crippen molar-refractivity contribution in [1.29, 1.82) is 0 Å². The summed E-state index contributed by atoms with van der Waals surface area (Å²) in [5.41, 5.74) is 1.12. The number of aryl methyl sites for hydroxylation is 1. The summed E-state index contributed by atoms with van der Waals surface area (Å²) < 4.78 is 33.1. The molecule has 0 amide bonds. The molecule has 2 aliphatic rings. The zero-order chi connectivity index (χ0) is 16.4. The Bertz CT molecular complexity index is 628. The van der Waals surface area contributed by atoms with Gasteiger partial charge in [-0.25, -0.2) is 8.42 Å². The largest absolute Gasteiger partial charge is 0.393 e. The van der Waals surface area contributed by atoms with Crippen LogP contribution in [0.5, 0.6) is 0 Å². The molecular weight excluding hydrogens is 314 g/mol. The lowest BCUT2D eigenvalue weighted by molar-refractivity contribution is -0.0543. The van der Waals surface area contributed by atoms with E-state index >= 15 is 0 Å². The Morgan fingerprint density at radius 3 is 2.65 bits per heavy atom. The Labute approximate surface area is 138 Å². The van der Waals surface area contributed by atoms with Gasteiger partial charge < -0.3 is 9.84 Å². The van der Waals surface area contributed by atoms with Crippen molar-refractivity contribution in [2.45, 2.75) is 49.6 Å². The fraction of sp³-hybridized carbons (Fsp3) is 0.647. The maximum absolute atomic E-state index is 13.0. The first kappa shape index (κ1) is 16.9. The van der Waals surface area contributed by atoms with Gasteiger partial charge in [0, 0.05) is 25.1 Å². The summed E-state index contributed by atoms with van der Waals surface area (Å²) in [5, 5.41) is 10.3. The molecule has 1 aromatic rings. The molecule has 0 saturated carbocycles. The highest BCUT2D eigenvalue weighted by atomic mass is 32.2. The number of aliphatic hydroxyl groups is 1. The van der Waals surface area contributed by atoms with Gasteiger partial charge in [0.05, 0.1) is 17.6 Å². The number of hydrogen-bond donors (Lipinski definition) is 1. The Balaban J connectivity index is 1.85. The van der Waals surface area contributed by atoms with Gasteiger partial charge in [-0.1, -0.05) is 19.1 Å². The number of hydrogen-bond acceptors (Lipinski definition) is 4. The smallest absolute Gasteiger partial charge is 0.243 e. The van der Waals surface area contributed by atoms with E-state index in [2.05, 4.69) is 0 Å². The van der Waals surface area contributed by atoms with Crippen LogP contribution in [0.4, 0.5) is 0 Å². The van der Waals surface area contributed by atoms with E-state index in [0.717, 1.165) is 24.8 Å². The Morgan fingerprint density at radius 2 is 2.00 bits per heavy atom. The van der Waals surface area contributed by atoms with E-state index in [1.54, 1.807) is 16.4 Å². The van der Waals surface area contributed by atoms with Gasteiger partial charge in [0.25, 0.3) is 0 Å². The molecule has 0 unspecified atom stereocenters. The van der Waals surface area contributed by atoms with Crippen molar-refractivity contribution in [1.82, 2.24) is 4.31 Å². The quantitative estimate of drug-likeness (QED) is 0.908. The Morgan fingerprint density at radius 1 is 1.26 bits per heavy atom. The minimum Gasteiger partial charge on any atom is -0.393 e. The van der Waals surface area contributed by atoms with Gasteiger partial charge in [-0.2, -0.15) is 4.31 Å². The van der Waals surface area contributed by atoms with Crippen molar-refractivity contribution < 1.29 is 18.3 Å². The topological polar surface area (TPSA) is 66.8 Å². The molecule has 0 aliphatic carbocycles. The second-order valence-electron chi connectivity index (χ2n) is 6.42. The van der Waals surface area contributed by atoms with Crippen molar-refractivity contribution in [3.63, 3.8) is 0 Å². The summed E-state index contributed by atoms with van der Waals surface area (Å²) in [6.07, 6.45) is 2.61. The molecule has 3 rings (SSSR count). The van der Waals surface area contributed by atoms with Crippen molar-refractivity contribution in [2.75, 3.05) is 19.8 Å². The number of ether oxygens (including phenoxy) is 1. The molecular formula is C17H25NO4S. The lowest BCUT2D eigenvalue weighted by atomic mass is 9.90. The van der Waals surface area contributed by atoms with Crippen LogP contribution in [0.3, 0.4) is 0 Å². The van der Waals surface area contributed by atoms with Crippen molar-refractivity contribution in [2.24, 2.45) is 5.92 Å². The summed E-state index contributed by atoms with van der Waals surface area (Å²) in [7, 11) is -3.52. The number of rotatable bonds is 4. The van der Waals surface area contributed by atoms with Crippen molar-refractivity contribution >= 4 is 10.0 Å². The first-order valence-electron chi connectivity index (χ1n) is 8.40. The molecule has 2 fully saturated rings. The molecule has 2 saturated heterocycles. The van der Waals surface area contributed by atoms with E-state index in [9.17, 15) is 13.5 Å². The SMILES string of the molecule is CCc1ccc(S(=O)(=O)N2CCC[C@@H]2[C@H]2COCC[C@H]2O)cc1. The fourth-order valence-electron chi connectivity index (χ4n) is 3.64. The average Bonchev–Trinajstić information content (AvgIpc) is 3.05. The molecule has 0 aromatic heterocycles. The minimum absolute atomic E-state index is 0.129. The third kappa shape index (κ3) is 3.31. The second kappa shape index (κ2) is 6.89. The van der Waals surface area contributed by atoms with Crippen molar-refractivity contribution in [3.05, 3.63) is 29.8 Å². The van der Waals surface area contributed by atoms with Crippen LogP contribution in [0.1, 0.15) is 31.7 Å². The first-order chi connectivity index (χ1) is 11.0. The third-order valence-corrected chi connectivity index (χ3v) is 6.98. The highest BCUT2D eigenvalue weighted by molar-refractivity contribution is 7.89. The van der Waals surface area contributed by atoms with E-state index in [1.165, 1.54) is 0 Å².